The van der Waals surface area contributed by atoms with Crippen LogP contribution in [0.2, 0.25) is 0 Å². The second-order valence-corrected chi connectivity index (χ2v) is 7.46. The second kappa shape index (κ2) is 15.1. The lowest BCUT2D eigenvalue weighted by Crippen LogP contribution is -2.07. The summed E-state index contributed by atoms with van der Waals surface area (Å²) in [6.07, 6.45) is 14.4. The van der Waals surface area contributed by atoms with Crippen molar-refractivity contribution >= 4 is 17.1 Å². The van der Waals surface area contributed by atoms with Gasteiger partial charge in [0.15, 0.2) is 0 Å². The van der Waals surface area contributed by atoms with Crippen molar-refractivity contribution in [3.63, 3.8) is 0 Å². The second-order valence-electron chi connectivity index (χ2n) is 7.46. The van der Waals surface area contributed by atoms with Gasteiger partial charge in [0.2, 0.25) is 0 Å². The zero-order chi connectivity index (χ0) is 19.7. The Hall–Kier alpha value is -1.87. The topological polar surface area (TPSA) is 35.5 Å². The van der Waals surface area contributed by atoms with Gasteiger partial charge in [0, 0.05) is 13.0 Å². The summed E-state index contributed by atoms with van der Waals surface area (Å²) in [5.41, 5.74) is 0. The fraction of sp³-hybridized carbons (Fsp3) is 0.560. The molecule has 0 bridgehead atoms. The Morgan fingerprint density at radius 3 is 2.00 bits per heavy atom. The zero-order valence-electron chi connectivity index (χ0n) is 17.2. The standard InChI is InChI=1S/C25H36O3/c26-18-12-8-6-4-2-1-3-5-7-9-13-19-27-20-21-28-25-17-16-23-14-10-11-15-24(23)22-25/h10-11,14-18,22H,1-9,12-13,19-21H2. The van der Waals surface area contributed by atoms with E-state index in [0.717, 1.165) is 37.9 Å². The molecule has 3 nitrogen and oxygen atoms in total. The Labute approximate surface area is 170 Å². The molecular weight excluding hydrogens is 348 g/mol. The summed E-state index contributed by atoms with van der Waals surface area (Å²) < 4.78 is 11.5. The third-order valence-electron chi connectivity index (χ3n) is 5.08. The Balaban J connectivity index is 1.35. The maximum absolute atomic E-state index is 10.2. The number of aldehydes is 1. The third-order valence-corrected chi connectivity index (χ3v) is 5.08. The molecule has 0 saturated carbocycles. The maximum atomic E-state index is 10.2. The first-order valence-electron chi connectivity index (χ1n) is 11.0. The number of fused-ring (bicyclic) bond motifs is 1. The largest absolute Gasteiger partial charge is 0.491 e. The van der Waals surface area contributed by atoms with Crippen LogP contribution in [0.1, 0.15) is 70.6 Å². The van der Waals surface area contributed by atoms with Gasteiger partial charge >= 0.3 is 0 Å². The normalized spacial score (nSPS) is 11.0. The van der Waals surface area contributed by atoms with Gasteiger partial charge in [-0.1, -0.05) is 81.7 Å². The third kappa shape index (κ3) is 9.89. The monoisotopic (exact) mass is 384 g/mol. The van der Waals surface area contributed by atoms with E-state index >= 15 is 0 Å². The van der Waals surface area contributed by atoms with Crippen LogP contribution in [-0.2, 0) is 9.53 Å². The van der Waals surface area contributed by atoms with Gasteiger partial charge in [0.1, 0.15) is 18.6 Å². The summed E-state index contributed by atoms with van der Waals surface area (Å²) in [6, 6.07) is 14.5. The summed E-state index contributed by atoms with van der Waals surface area (Å²) in [6.45, 7) is 2.08. The molecule has 2 aromatic rings. The van der Waals surface area contributed by atoms with Gasteiger partial charge in [-0.25, -0.2) is 0 Å². The Morgan fingerprint density at radius 1 is 0.643 bits per heavy atom. The van der Waals surface area contributed by atoms with Gasteiger partial charge in [-0.2, -0.15) is 0 Å². The van der Waals surface area contributed by atoms with Crippen molar-refractivity contribution in [2.24, 2.45) is 0 Å². The highest BCUT2D eigenvalue weighted by Gasteiger charge is 1.98. The molecule has 0 atom stereocenters. The minimum atomic E-state index is 0.602. The molecule has 0 unspecified atom stereocenters. The van der Waals surface area contributed by atoms with E-state index in [1.54, 1.807) is 0 Å². The van der Waals surface area contributed by atoms with Crippen LogP contribution in [0.4, 0.5) is 0 Å². The fourth-order valence-corrected chi connectivity index (χ4v) is 3.42. The average molecular weight is 385 g/mol. The van der Waals surface area contributed by atoms with E-state index in [4.69, 9.17) is 9.47 Å². The number of unbranched alkanes of at least 4 members (excludes halogenated alkanes) is 10. The van der Waals surface area contributed by atoms with Crippen LogP contribution in [-0.4, -0.2) is 26.1 Å². The van der Waals surface area contributed by atoms with Crippen LogP contribution in [0.15, 0.2) is 42.5 Å². The van der Waals surface area contributed by atoms with Crippen LogP contribution in [0, 0.1) is 0 Å². The number of rotatable bonds is 17. The van der Waals surface area contributed by atoms with Crippen molar-refractivity contribution in [1.29, 1.82) is 0 Å². The smallest absolute Gasteiger partial charge is 0.120 e. The molecule has 0 N–H and O–H groups in total. The molecule has 0 saturated heterocycles. The van der Waals surface area contributed by atoms with Crippen LogP contribution in [0.3, 0.4) is 0 Å². The van der Waals surface area contributed by atoms with E-state index in [1.807, 2.05) is 12.1 Å². The fourth-order valence-electron chi connectivity index (χ4n) is 3.42. The van der Waals surface area contributed by atoms with Crippen LogP contribution in [0.5, 0.6) is 5.75 Å². The highest BCUT2D eigenvalue weighted by Crippen LogP contribution is 2.20. The van der Waals surface area contributed by atoms with Crippen LogP contribution >= 0.6 is 0 Å². The number of carbonyl (C=O) groups is 1. The number of hydrogen-bond acceptors (Lipinski definition) is 3. The molecule has 154 valence electrons. The molecule has 0 aliphatic rings. The van der Waals surface area contributed by atoms with E-state index in [-0.39, 0.29) is 0 Å². The molecule has 2 aromatic carbocycles. The molecule has 0 radical (unpaired) electrons. The zero-order valence-corrected chi connectivity index (χ0v) is 17.2. The summed E-state index contributed by atoms with van der Waals surface area (Å²) in [5.74, 6) is 0.908. The van der Waals surface area contributed by atoms with E-state index < -0.39 is 0 Å². The molecule has 0 aliphatic heterocycles. The lowest BCUT2D eigenvalue weighted by Gasteiger charge is -2.08. The average Bonchev–Trinajstić information content (AvgIpc) is 2.73. The van der Waals surface area contributed by atoms with Crippen LogP contribution in [0.25, 0.3) is 10.8 Å². The first-order valence-corrected chi connectivity index (χ1v) is 11.0. The lowest BCUT2D eigenvalue weighted by atomic mass is 10.1. The summed E-state index contributed by atoms with van der Waals surface area (Å²) in [5, 5.41) is 2.44. The molecular formula is C25H36O3. The maximum Gasteiger partial charge on any atom is 0.120 e. The molecule has 0 amide bonds. The van der Waals surface area contributed by atoms with Gasteiger partial charge < -0.3 is 14.3 Å². The summed E-state index contributed by atoms with van der Waals surface area (Å²) >= 11 is 0. The minimum absolute atomic E-state index is 0.602. The molecule has 3 heteroatoms. The first-order chi connectivity index (χ1) is 13.9. The van der Waals surface area contributed by atoms with Crippen molar-refractivity contribution in [1.82, 2.24) is 0 Å². The number of carbonyl (C=O) groups excluding carboxylic acids is 1. The Morgan fingerprint density at radius 2 is 1.29 bits per heavy atom. The quantitative estimate of drug-likeness (QED) is 0.224. The van der Waals surface area contributed by atoms with Crippen molar-refractivity contribution in [3.8, 4) is 5.75 Å². The summed E-state index contributed by atoms with van der Waals surface area (Å²) in [7, 11) is 0. The van der Waals surface area contributed by atoms with Crippen molar-refractivity contribution in [2.75, 3.05) is 19.8 Å². The SMILES string of the molecule is O=CCCCCCCCCCCCCOCCOc1ccc2ccccc2c1. The van der Waals surface area contributed by atoms with E-state index in [2.05, 4.69) is 30.3 Å². The molecule has 28 heavy (non-hydrogen) atoms. The lowest BCUT2D eigenvalue weighted by molar-refractivity contribution is -0.107. The van der Waals surface area contributed by atoms with E-state index in [1.165, 1.54) is 62.1 Å². The first kappa shape index (κ1) is 22.4. The predicted molar refractivity (Wildman–Crippen MR) is 117 cm³/mol. The highest BCUT2D eigenvalue weighted by atomic mass is 16.5. The Bertz CT molecular complexity index is 653. The van der Waals surface area contributed by atoms with Gasteiger partial charge in [-0.05, 0) is 35.7 Å². The molecule has 0 aliphatic carbocycles. The number of ether oxygens (including phenoxy) is 2. The van der Waals surface area contributed by atoms with Crippen molar-refractivity contribution in [2.45, 2.75) is 70.6 Å². The molecule has 0 fully saturated rings. The van der Waals surface area contributed by atoms with Crippen LogP contribution < -0.4 is 4.74 Å². The van der Waals surface area contributed by atoms with Gasteiger partial charge in [0.25, 0.3) is 0 Å². The van der Waals surface area contributed by atoms with Gasteiger partial charge in [-0.15, -0.1) is 0 Å². The molecule has 0 spiro atoms. The Kier molecular flexibility index (Phi) is 12.1. The van der Waals surface area contributed by atoms with E-state index in [9.17, 15) is 4.79 Å². The minimum Gasteiger partial charge on any atom is -0.491 e. The highest BCUT2D eigenvalue weighted by molar-refractivity contribution is 5.83. The summed E-state index contributed by atoms with van der Waals surface area (Å²) in [4.78, 5) is 10.2. The van der Waals surface area contributed by atoms with Crippen molar-refractivity contribution in [3.05, 3.63) is 42.5 Å². The molecule has 2 rings (SSSR count). The van der Waals surface area contributed by atoms with Gasteiger partial charge in [0.05, 0.1) is 6.61 Å². The number of benzene rings is 2. The van der Waals surface area contributed by atoms with Gasteiger partial charge in [-0.3, -0.25) is 0 Å². The number of hydrogen-bond donors (Lipinski definition) is 0. The van der Waals surface area contributed by atoms with E-state index in [0.29, 0.717) is 13.2 Å². The predicted octanol–water partition coefficient (Wildman–Crippen LogP) is 6.73. The molecule has 0 aromatic heterocycles. The molecule has 0 heterocycles. The van der Waals surface area contributed by atoms with Crippen molar-refractivity contribution < 1.29 is 14.3 Å².